The Bertz CT molecular complexity index is 471. The third-order valence-corrected chi connectivity index (χ3v) is 2.46. The van der Waals surface area contributed by atoms with Gasteiger partial charge in [0.05, 0.1) is 5.56 Å². The third-order valence-electron chi connectivity index (χ3n) is 1.90. The van der Waals surface area contributed by atoms with Gasteiger partial charge in [-0.2, -0.15) is 5.26 Å². The van der Waals surface area contributed by atoms with E-state index in [9.17, 15) is 13.6 Å². The normalized spacial score (nSPS) is 10.2. The van der Waals surface area contributed by atoms with Gasteiger partial charge in [-0.3, -0.25) is 0 Å². The maximum absolute atomic E-state index is 12.7. The van der Waals surface area contributed by atoms with Crippen LogP contribution in [0.15, 0.2) is 6.20 Å². The van der Waals surface area contributed by atoms with Gasteiger partial charge in [-0.15, -0.1) is 0 Å². The van der Waals surface area contributed by atoms with E-state index in [1.807, 2.05) is 0 Å². The Labute approximate surface area is 97.7 Å². The van der Waals surface area contributed by atoms with Crippen LogP contribution in [0.25, 0.3) is 0 Å². The molecule has 0 aliphatic heterocycles. The number of hydrogen-bond donors (Lipinski definition) is 1. The van der Waals surface area contributed by atoms with E-state index in [2.05, 4.69) is 20.9 Å². The highest BCUT2D eigenvalue weighted by atomic mass is 79.9. The van der Waals surface area contributed by atoms with Gasteiger partial charge in [0.1, 0.15) is 6.07 Å². The Kier molecular flexibility index (Phi) is 3.90. The highest BCUT2D eigenvalue weighted by molar-refractivity contribution is 9.08. The summed E-state index contributed by atoms with van der Waals surface area (Å²) in [7, 11) is 0. The number of pyridine rings is 1. The van der Waals surface area contributed by atoms with E-state index in [0.717, 1.165) is 6.20 Å². The lowest BCUT2D eigenvalue weighted by atomic mass is 10.0. The van der Waals surface area contributed by atoms with Crippen LogP contribution in [0, 0.1) is 11.3 Å². The molecule has 1 N–H and O–H groups in total. The van der Waals surface area contributed by atoms with Gasteiger partial charge < -0.3 is 5.11 Å². The molecule has 0 spiro atoms. The molecule has 0 amide bonds. The number of halogens is 3. The lowest BCUT2D eigenvalue weighted by Gasteiger charge is -2.10. The zero-order chi connectivity index (χ0) is 12.3. The average molecular weight is 291 g/mol. The first-order chi connectivity index (χ1) is 7.52. The van der Waals surface area contributed by atoms with Crippen LogP contribution in [0.2, 0.25) is 0 Å². The summed E-state index contributed by atoms with van der Waals surface area (Å²) < 4.78 is 25.4. The van der Waals surface area contributed by atoms with Gasteiger partial charge in [-0.05, 0) is 0 Å². The minimum atomic E-state index is -2.91. The summed E-state index contributed by atoms with van der Waals surface area (Å²) in [5.74, 6) is -1.40. The Morgan fingerprint density at radius 2 is 2.31 bits per heavy atom. The van der Waals surface area contributed by atoms with Gasteiger partial charge in [0.2, 0.25) is 0 Å². The predicted molar refractivity (Wildman–Crippen MR) is 53.5 cm³/mol. The van der Waals surface area contributed by atoms with Crippen LogP contribution in [-0.4, -0.2) is 16.1 Å². The van der Waals surface area contributed by atoms with Gasteiger partial charge in [0.15, 0.2) is 5.69 Å². The SMILES string of the molecule is N#Cc1cnc(C(=O)O)c(CBr)c1C(F)F. The molecule has 1 heterocycles. The zero-order valence-corrected chi connectivity index (χ0v) is 9.33. The Morgan fingerprint density at radius 1 is 1.69 bits per heavy atom. The first-order valence-corrected chi connectivity index (χ1v) is 5.14. The quantitative estimate of drug-likeness (QED) is 0.868. The summed E-state index contributed by atoms with van der Waals surface area (Å²) in [6, 6.07) is 1.56. The minimum absolute atomic E-state index is 0.100. The highest BCUT2D eigenvalue weighted by Crippen LogP contribution is 2.29. The van der Waals surface area contributed by atoms with Crippen LogP contribution in [0.4, 0.5) is 8.78 Å². The number of rotatable bonds is 3. The van der Waals surface area contributed by atoms with Crippen molar-refractivity contribution >= 4 is 21.9 Å². The topological polar surface area (TPSA) is 74.0 Å². The van der Waals surface area contributed by atoms with Gasteiger partial charge in [0, 0.05) is 22.7 Å². The number of aromatic nitrogens is 1. The fourth-order valence-corrected chi connectivity index (χ4v) is 1.79. The Balaban J connectivity index is 3.57. The van der Waals surface area contributed by atoms with Crippen molar-refractivity contribution in [3.05, 3.63) is 28.6 Å². The second-order valence-corrected chi connectivity index (χ2v) is 3.32. The summed E-state index contributed by atoms with van der Waals surface area (Å²) >= 11 is 2.91. The van der Waals surface area contributed by atoms with Crippen molar-refractivity contribution in [1.29, 1.82) is 5.26 Å². The number of nitrogens with zero attached hydrogens (tertiary/aromatic N) is 2. The molecule has 84 valence electrons. The number of carboxylic acids is 1. The number of carbonyl (C=O) groups is 1. The average Bonchev–Trinajstić information content (AvgIpc) is 2.26. The van der Waals surface area contributed by atoms with E-state index < -0.39 is 23.7 Å². The Hall–Kier alpha value is -1.55. The van der Waals surface area contributed by atoms with Crippen LogP contribution >= 0.6 is 15.9 Å². The number of hydrogen-bond acceptors (Lipinski definition) is 3. The maximum atomic E-state index is 12.7. The zero-order valence-electron chi connectivity index (χ0n) is 7.75. The monoisotopic (exact) mass is 290 g/mol. The molecule has 0 unspecified atom stereocenters. The molecule has 0 radical (unpaired) electrons. The molecular weight excluding hydrogens is 286 g/mol. The van der Waals surface area contributed by atoms with E-state index >= 15 is 0 Å². The van der Waals surface area contributed by atoms with Crippen molar-refractivity contribution in [1.82, 2.24) is 4.98 Å². The molecule has 0 saturated carbocycles. The van der Waals surface area contributed by atoms with Crippen molar-refractivity contribution in [2.24, 2.45) is 0 Å². The second kappa shape index (κ2) is 4.99. The number of alkyl halides is 3. The number of carboxylic acid groups (broad SMARTS) is 1. The van der Waals surface area contributed by atoms with Gasteiger partial charge in [-0.25, -0.2) is 18.6 Å². The van der Waals surface area contributed by atoms with E-state index in [1.165, 1.54) is 0 Å². The molecule has 4 nitrogen and oxygen atoms in total. The van der Waals surface area contributed by atoms with E-state index in [-0.39, 0.29) is 16.5 Å². The van der Waals surface area contributed by atoms with Gasteiger partial charge >= 0.3 is 5.97 Å². The van der Waals surface area contributed by atoms with Crippen molar-refractivity contribution < 1.29 is 18.7 Å². The van der Waals surface area contributed by atoms with Crippen LogP contribution in [0.5, 0.6) is 0 Å². The molecule has 1 aromatic rings. The van der Waals surface area contributed by atoms with Crippen molar-refractivity contribution in [3.63, 3.8) is 0 Å². The molecule has 0 aromatic carbocycles. The van der Waals surface area contributed by atoms with Crippen molar-refractivity contribution in [2.45, 2.75) is 11.8 Å². The molecule has 7 heteroatoms. The Morgan fingerprint density at radius 3 is 2.69 bits per heavy atom. The highest BCUT2D eigenvalue weighted by Gasteiger charge is 2.24. The molecule has 0 saturated heterocycles. The molecule has 0 atom stereocenters. The molecule has 16 heavy (non-hydrogen) atoms. The standard InChI is InChI=1S/C9H5BrF2N2O2/c10-1-5-6(8(11)12)4(2-13)3-14-7(5)9(15)16/h3,8H,1H2,(H,15,16). The molecule has 0 fully saturated rings. The van der Waals surface area contributed by atoms with Gasteiger partial charge in [0.25, 0.3) is 6.43 Å². The van der Waals surface area contributed by atoms with Crippen molar-refractivity contribution in [3.8, 4) is 6.07 Å². The maximum Gasteiger partial charge on any atom is 0.354 e. The first kappa shape index (κ1) is 12.5. The first-order valence-electron chi connectivity index (χ1n) is 4.02. The predicted octanol–water partition coefficient (Wildman–Crippen LogP) is 2.48. The summed E-state index contributed by atoms with van der Waals surface area (Å²) in [4.78, 5) is 14.2. The summed E-state index contributed by atoms with van der Waals surface area (Å²) in [5.41, 5.74) is -1.52. The second-order valence-electron chi connectivity index (χ2n) is 2.76. The summed E-state index contributed by atoms with van der Waals surface area (Å²) in [6.07, 6.45) is -2.07. The molecule has 0 aliphatic rings. The van der Waals surface area contributed by atoms with E-state index in [1.54, 1.807) is 6.07 Å². The van der Waals surface area contributed by atoms with Crippen molar-refractivity contribution in [2.75, 3.05) is 0 Å². The van der Waals surface area contributed by atoms with Crippen LogP contribution in [0.1, 0.15) is 33.6 Å². The van der Waals surface area contributed by atoms with Crippen LogP contribution < -0.4 is 0 Å². The van der Waals surface area contributed by atoms with E-state index in [4.69, 9.17) is 10.4 Å². The molecular formula is C9H5BrF2N2O2. The molecule has 0 aliphatic carbocycles. The summed E-state index contributed by atoms with van der Waals surface area (Å²) in [5, 5.41) is 17.3. The molecule has 0 bridgehead atoms. The number of aromatic carboxylic acids is 1. The largest absolute Gasteiger partial charge is 0.477 e. The lowest BCUT2D eigenvalue weighted by Crippen LogP contribution is -2.10. The lowest BCUT2D eigenvalue weighted by molar-refractivity contribution is 0.0689. The smallest absolute Gasteiger partial charge is 0.354 e. The van der Waals surface area contributed by atoms with Crippen LogP contribution in [0.3, 0.4) is 0 Å². The van der Waals surface area contributed by atoms with Gasteiger partial charge in [-0.1, -0.05) is 15.9 Å². The fraction of sp³-hybridized carbons (Fsp3) is 0.222. The molecule has 1 aromatic heterocycles. The number of nitriles is 1. The van der Waals surface area contributed by atoms with E-state index in [0.29, 0.717) is 0 Å². The minimum Gasteiger partial charge on any atom is -0.477 e. The van der Waals surface area contributed by atoms with Crippen LogP contribution in [-0.2, 0) is 5.33 Å². The fourth-order valence-electron chi connectivity index (χ4n) is 1.22. The molecule has 1 rings (SSSR count). The third kappa shape index (κ3) is 2.17. The summed E-state index contributed by atoms with van der Waals surface area (Å²) in [6.45, 7) is 0.